The molecule has 0 heterocycles. The van der Waals surface area contributed by atoms with Gasteiger partial charge in [0.15, 0.2) is 0 Å². The summed E-state index contributed by atoms with van der Waals surface area (Å²) in [6.45, 7) is 8.55. The van der Waals surface area contributed by atoms with Crippen LogP contribution in [-0.4, -0.2) is 0 Å². The van der Waals surface area contributed by atoms with Gasteiger partial charge in [0.2, 0.25) is 0 Å². The van der Waals surface area contributed by atoms with Crippen molar-refractivity contribution >= 4 is 5.57 Å². The Morgan fingerprint density at radius 3 is 2.59 bits per heavy atom. The van der Waals surface area contributed by atoms with Gasteiger partial charge in [0.1, 0.15) is 0 Å². The number of allylic oxidation sites excluding steroid dienone is 4. The minimum atomic E-state index is 0.607. The van der Waals surface area contributed by atoms with Crippen molar-refractivity contribution in [3.05, 3.63) is 59.0 Å². The third-order valence-corrected chi connectivity index (χ3v) is 3.64. The fourth-order valence-electron chi connectivity index (χ4n) is 2.87. The van der Waals surface area contributed by atoms with Gasteiger partial charge in [0.05, 0.1) is 0 Å². The summed E-state index contributed by atoms with van der Waals surface area (Å²) in [5.74, 6) is 2.22. The fraction of sp³-hybridized carbons (Fsp3) is 0.353. The molecule has 0 aliphatic heterocycles. The monoisotopic (exact) mass is 225 g/mol. The summed E-state index contributed by atoms with van der Waals surface area (Å²) in [5.41, 5.74) is 5.90. The highest BCUT2D eigenvalue weighted by Gasteiger charge is 2.34. The molecule has 0 N–H and O–H groups in total. The van der Waals surface area contributed by atoms with E-state index in [-0.39, 0.29) is 0 Å². The molecule has 2 aliphatic rings. The first-order valence-electron chi connectivity index (χ1n) is 6.62. The molecule has 0 aromatic heterocycles. The maximum Gasteiger partial charge on any atom is 0.0168 e. The molecule has 3 rings (SSSR count). The minimum Gasteiger partial charge on any atom is -0.0833 e. The van der Waals surface area contributed by atoms with Crippen LogP contribution in [0.25, 0.3) is 5.57 Å². The van der Waals surface area contributed by atoms with E-state index in [4.69, 9.17) is 0 Å². The largest absolute Gasteiger partial charge is 0.0833 e. The highest BCUT2D eigenvalue weighted by atomic mass is 14.4. The van der Waals surface area contributed by atoms with Crippen LogP contribution in [0.2, 0.25) is 0 Å². The number of rotatable bonds is 0. The van der Waals surface area contributed by atoms with Gasteiger partial charge < -0.3 is 0 Å². The molecule has 0 fully saturated rings. The van der Waals surface area contributed by atoms with Gasteiger partial charge in [-0.3, -0.25) is 0 Å². The van der Waals surface area contributed by atoms with E-state index in [1.54, 1.807) is 5.92 Å². The van der Waals surface area contributed by atoms with Crippen LogP contribution < -0.4 is 0 Å². The predicted octanol–water partition coefficient (Wildman–Crippen LogP) is 5.14. The third kappa shape index (κ3) is 1.86. The zero-order valence-corrected chi connectivity index (χ0v) is 11.2. The summed E-state index contributed by atoms with van der Waals surface area (Å²) >= 11 is 0. The number of hydrogen-bond acceptors (Lipinski definition) is 0. The number of hydrogen-bond donors (Lipinski definition) is 0. The standard InChI is InChI=1S/C15H15.C2H6/c1-10-6-5-9-13-11(2)12-7-3-4-8-14(12)15(10)13;1-2/h3-8,11H,9H2,1-2H3;1-2H3. The van der Waals surface area contributed by atoms with E-state index >= 15 is 0 Å². The molecular weight excluding hydrogens is 204 g/mol. The summed E-state index contributed by atoms with van der Waals surface area (Å²) in [4.78, 5) is 0. The molecule has 0 heteroatoms. The van der Waals surface area contributed by atoms with Gasteiger partial charge in [-0.2, -0.15) is 0 Å². The van der Waals surface area contributed by atoms with Crippen molar-refractivity contribution in [1.29, 1.82) is 0 Å². The van der Waals surface area contributed by atoms with Crippen molar-refractivity contribution in [3.63, 3.8) is 0 Å². The quantitative estimate of drug-likeness (QED) is 0.573. The Balaban J connectivity index is 0.000000514. The highest BCUT2D eigenvalue weighted by molar-refractivity contribution is 5.88. The van der Waals surface area contributed by atoms with Crippen LogP contribution in [0.4, 0.5) is 0 Å². The van der Waals surface area contributed by atoms with E-state index in [2.05, 4.69) is 50.3 Å². The van der Waals surface area contributed by atoms with Gasteiger partial charge in [-0.25, -0.2) is 0 Å². The van der Waals surface area contributed by atoms with Crippen LogP contribution in [0.5, 0.6) is 0 Å². The molecule has 1 unspecified atom stereocenters. The Labute approximate surface area is 105 Å². The average Bonchev–Trinajstić information content (AvgIpc) is 2.68. The van der Waals surface area contributed by atoms with Crippen molar-refractivity contribution in [2.75, 3.05) is 0 Å². The van der Waals surface area contributed by atoms with Crippen LogP contribution >= 0.6 is 0 Å². The molecular formula is C17H21. The highest BCUT2D eigenvalue weighted by Crippen LogP contribution is 2.51. The van der Waals surface area contributed by atoms with Crippen LogP contribution in [0.1, 0.15) is 51.2 Å². The number of fused-ring (bicyclic) bond motifs is 3. The van der Waals surface area contributed by atoms with Gasteiger partial charge in [-0.05, 0) is 41.5 Å². The first-order chi connectivity index (χ1) is 8.29. The van der Waals surface area contributed by atoms with Crippen molar-refractivity contribution < 1.29 is 0 Å². The van der Waals surface area contributed by atoms with Crippen LogP contribution in [-0.2, 0) is 0 Å². The summed E-state index contributed by atoms with van der Waals surface area (Å²) in [6, 6.07) is 8.83. The molecule has 2 aliphatic carbocycles. The second kappa shape index (κ2) is 4.91. The van der Waals surface area contributed by atoms with Crippen LogP contribution in [0.3, 0.4) is 0 Å². The summed E-state index contributed by atoms with van der Waals surface area (Å²) in [5, 5.41) is 0. The van der Waals surface area contributed by atoms with E-state index in [9.17, 15) is 0 Å². The maximum atomic E-state index is 2.33. The van der Waals surface area contributed by atoms with E-state index < -0.39 is 0 Å². The van der Waals surface area contributed by atoms with Gasteiger partial charge >= 0.3 is 0 Å². The molecule has 17 heavy (non-hydrogen) atoms. The Hall–Kier alpha value is -1.30. The average molecular weight is 225 g/mol. The molecule has 89 valence electrons. The van der Waals surface area contributed by atoms with E-state index in [0.29, 0.717) is 5.92 Å². The lowest BCUT2D eigenvalue weighted by molar-refractivity contribution is 0.813. The summed E-state index contributed by atoms with van der Waals surface area (Å²) in [6.07, 6.45) is 5.67. The lowest BCUT2D eigenvalue weighted by Crippen LogP contribution is -2.03. The van der Waals surface area contributed by atoms with Crippen molar-refractivity contribution in [3.8, 4) is 0 Å². The van der Waals surface area contributed by atoms with Gasteiger partial charge in [0, 0.05) is 5.92 Å². The SMILES string of the molecule is CC.CC1=C2[C](CC=C1)C(C)c1ccccc12. The number of benzene rings is 1. The molecule has 1 aromatic rings. The van der Waals surface area contributed by atoms with Crippen molar-refractivity contribution in [1.82, 2.24) is 0 Å². The molecule has 0 amide bonds. The Morgan fingerprint density at radius 2 is 1.82 bits per heavy atom. The zero-order valence-electron chi connectivity index (χ0n) is 11.2. The molecule has 0 saturated heterocycles. The predicted molar refractivity (Wildman–Crippen MR) is 75.8 cm³/mol. The molecule has 0 saturated carbocycles. The Morgan fingerprint density at radius 1 is 1.12 bits per heavy atom. The minimum absolute atomic E-state index is 0.607. The van der Waals surface area contributed by atoms with E-state index in [1.807, 2.05) is 13.8 Å². The molecule has 1 atom stereocenters. The van der Waals surface area contributed by atoms with E-state index in [0.717, 1.165) is 6.42 Å². The van der Waals surface area contributed by atoms with Gasteiger partial charge in [-0.15, -0.1) is 0 Å². The van der Waals surface area contributed by atoms with Crippen LogP contribution in [0.15, 0.2) is 42.0 Å². The fourth-order valence-corrected chi connectivity index (χ4v) is 2.87. The van der Waals surface area contributed by atoms with Gasteiger partial charge in [0.25, 0.3) is 0 Å². The Bertz CT molecular complexity index is 463. The zero-order chi connectivity index (χ0) is 12.4. The summed E-state index contributed by atoms with van der Waals surface area (Å²) in [7, 11) is 0. The lowest BCUT2D eigenvalue weighted by Gasteiger charge is -2.19. The molecule has 1 radical (unpaired) electrons. The normalized spacial score (nSPS) is 21.8. The van der Waals surface area contributed by atoms with Crippen LogP contribution in [0, 0.1) is 5.92 Å². The van der Waals surface area contributed by atoms with E-state index in [1.165, 1.54) is 22.3 Å². The third-order valence-electron chi connectivity index (χ3n) is 3.64. The topological polar surface area (TPSA) is 0 Å². The summed E-state index contributed by atoms with van der Waals surface area (Å²) < 4.78 is 0. The smallest absolute Gasteiger partial charge is 0.0168 e. The maximum absolute atomic E-state index is 2.33. The molecule has 1 aromatic carbocycles. The molecule has 0 nitrogen and oxygen atoms in total. The molecule has 0 spiro atoms. The first kappa shape index (κ1) is 12.2. The second-order valence-electron chi connectivity index (χ2n) is 4.50. The second-order valence-corrected chi connectivity index (χ2v) is 4.50. The molecule has 0 bridgehead atoms. The first-order valence-corrected chi connectivity index (χ1v) is 6.62. The lowest BCUT2D eigenvalue weighted by atomic mass is 9.84. The Kier molecular flexibility index (Phi) is 3.51. The van der Waals surface area contributed by atoms with Crippen molar-refractivity contribution in [2.24, 2.45) is 0 Å². The van der Waals surface area contributed by atoms with Crippen molar-refractivity contribution in [2.45, 2.75) is 40.0 Å². The van der Waals surface area contributed by atoms with Gasteiger partial charge in [-0.1, -0.05) is 57.2 Å².